The minimum atomic E-state index is 0.533. The van der Waals surface area contributed by atoms with E-state index >= 15 is 0 Å². The maximum atomic E-state index is 2.47. The van der Waals surface area contributed by atoms with Gasteiger partial charge in [-0.15, -0.1) is 0 Å². The molecule has 0 aromatic carbocycles. The smallest absolute Gasteiger partial charge is 0.0831 e. The van der Waals surface area contributed by atoms with Crippen molar-refractivity contribution in [2.45, 2.75) is 53.5 Å². The van der Waals surface area contributed by atoms with Crippen molar-refractivity contribution in [2.75, 3.05) is 20.1 Å². The highest BCUT2D eigenvalue weighted by Gasteiger charge is 2.50. The van der Waals surface area contributed by atoms with E-state index in [1.807, 2.05) is 0 Å². The molecule has 0 N–H and O–H groups in total. The van der Waals surface area contributed by atoms with Gasteiger partial charge in [0.15, 0.2) is 0 Å². The van der Waals surface area contributed by atoms with Crippen molar-refractivity contribution in [1.29, 1.82) is 0 Å². The van der Waals surface area contributed by atoms with E-state index in [4.69, 9.17) is 0 Å². The van der Waals surface area contributed by atoms with E-state index in [9.17, 15) is 0 Å². The van der Waals surface area contributed by atoms with Gasteiger partial charge in [-0.2, -0.15) is 0 Å². The molecule has 1 heterocycles. The molecule has 94 valence electrons. The number of hydrogen-bond donors (Lipinski definition) is 0. The van der Waals surface area contributed by atoms with Crippen LogP contribution < -0.4 is 0 Å². The first-order valence-corrected chi connectivity index (χ1v) is 7.06. The number of rotatable bonds is 1. The predicted octanol–water partition coefficient (Wildman–Crippen LogP) is 3.54. The minimum absolute atomic E-state index is 0.533. The van der Waals surface area contributed by atoms with Crippen molar-refractivity contribution in [3.63, 3.8) is 0 Å². The van der Waals surface area contributed by atoms with Gasteiger partial charge in [-0.05, 0) is 38.0 Å². The summed E-state index contributed by atoms with van der Waals surface area (Å²) in [5, 5.41) is 0. The lowest BCUT2D eigenvalue weighted by Gasteiger charge is -2.36. The van der Waals surface area contributed by atoms with Crippen molar-refractivity contribution >= 4 is 0 Å². The standard InChI is InChI=1S/C15H30N/c1-11(2)16(6)9-12-7-14(15(3,4)5)8-13(12)10-16/h11-14H,7-10H2,1-6H3/q+1. The van der Waals surface area contributed by atoms with Crippen LogP contribution in [-0.4, -0.2) is 30.7 Å². The van der Waals surface area contributed by atoms with Gasteiger partial charge in [0.1, 0.15) is 0 Å². The molecule has 2 atom stereocenters. The van der Waals surface area contributed by atoms with Crippen LogP contribution in [0.2, 0.25) is 0 Å². The monoisotopic (exact) mass is 224 g/mol. The molecule has 1 aliphatic heterocycles. The van der Waals surface area contributed by atoms with E-state index in [1.54, 1.807) is 0 Å². The third-order valence-electron chi connectivity index (χ3n) is 5.62. The first-order chi connectivity index (χ1) is 7.22. The van der Waals surface area contributed by atoms with Crippen molar-refractivity contribution in [2.24, 2.45) is 23.2 Å². The summed E-state index contributed by atoms with van der Waals surface area (Å²) in [6.45, 7) is 14.9. The Balaban J connectivity index is 2.01. The fourth-order valence-electron chi connectivity index (χ4n) is 3.93. The van der Waals surface area contributed by atoms with E-state index in [-0.39, 0.29) is 0 Å². The Labute approximate surface area is 102 Å². The van der Waals surface area contributed by atoms with Crippen LogP contribution in [0.3, 0.4) is 0 Å². The van der Waals surface area contributed by atoms with Crippen LogP contribution >= 0.6 is 0 Å². The molecule has 16 heavy (non-hydrogen) atoms. The highest BCUT2D eigenvalue weighted by Crippen LogP contribution is 2.50. The van der Waals surface area contributed by atoms with Gasteiger partial charge in [-0.1, -0.05) is 20.8 Å². The molecule has 1 saturated carbocycles. The molecule has 1 aliphatic carbocycles. The third kappa shape index (κ3) is 2.03. The quantitative estimate of drug-likeness (QED) is 0.598. The predicted molar refractivity (Wildman–Crippen MR) is 70.2 cm³/mol. The van der Waals surface area contributed by atoms with Gasteiger partial charge in [0.2, 0.25) is 0 Å². The zero-order valence-electron chi connectivity index (χ0n) is 12.1. The molecule has 0 aromatic heterocycles. The molecular weight excluding hydrogens is 194 g/mol. The van der Waals surface area contributed by atoms with Gasteiger partial charge in [-0.3, -0.25) is 0 Å². The van der Waals surface area contributed by atoms with Gasteiger partial charge >= 0.3 is 0 Å². The first kappa shape index (κ1) is 12.4. The third-order valence-corrected chi connectivity index (χ3v) is 5.62. The SMILES string of the molecule is CC(C)[N+]1(C)CC2CC(C(C)(C)C)CC2C1. The summed E-state index contributed by atoms with van der Waals surface area (Å²) in [5.74, 6) is 3.02. The van der Waals surface area contributed by atoms with Crippen LogP contribution in [0.4, 0.5) is 0 Å². The maximum Gasteiger partial charge on any atom is 0.0831 e. The first-order valence-electron chi connectivity index (χ1n) is 7.06. The van der Waals surface area contributed by atoms with Crippen LogP contribution in [0.1, 0.15) is 47.5 Å². The van der Waals surface area contributed by atoms with Crippen molar-refractivity contribution in [3.05, 3.63) is 0 Å². The topological polar surface area (TPSA) is 0 Å². The van der Waals surface area contributed by atoms with Crippen LogP contribution in [-0.2, 0) is 0 Å². The average molecular weight is 224 g/mol. The lowest BCUT2D eigenvalue weighted by atomic mass is 9.79. The molecule has 0 bridgehead atoms. The van der Waals surface area contributed by atoms with Gasteiger partial charge in [-0.25, -0.2) is 0 Å². The number of hydrogen-bond acceptors (Lipinski definition) is 0. The van der Waals surface area contributed by atoms with E-state index in [0.29, 0.717) is 5.41 Å². The Hall–Kier alpha value is -0.0400. The summed E-state index contributed by atoms with van der Waals surface area (Å²) in [6, 6.07) is 0.804. The second-order valence-electron chi connectivity index (χ2n) is 7.99. The summed E-state index contributed by atoms with van der Waals surface area (Å²) in [5.41, 5.74) is 0.533. The van der Waals surface area contributed by atoms with Crippen molar-refractivity contribution in [1.82, 2.24) is 0 Å². The van der Waals surface area contributed by atoms with Gasteiger partial charge in [0.25, 0.3) is 0 Å². The Kier molecular flexibility index (Phi) is 2.89. The molecule has 2 aliphatic rings. The summed E-state index contributed by atoms with van der Waals surface area (Å²) >= 11 is 0. The van der Waals surface area contributed by atoms with Crippen LogP contribution in [0.15, 0.2) is 0 Å². The molecule has 0 spiro atoms. The van der Waals surface area contributed by atoms with E-state index in [2.05, 4.69) is 41.7 Å². The normalized spacial score (nSPS) is 44.1. The molecule has 1 nitrogen and oxygen atoms in total. The van der Waals surface area contributed by atoms with Crippen LogP contribution in [0.25, 0.3) is 0 Å². The van der Waals surface area contributed by atoms with Crippen LogP contribution in [0.5, 0.6) is 0 Å². The molecule has 0 aromatic rings. The molecule has 0 radical (unpaired) electrons. The highest BCUT2D eigenvalue weighted by molar-refractivity contribution is 4.91. The minimum Gasteiger partial charge on any atom is -0.324 e. The molecular formula is C15H30N+. The average Bonchev–Trinajstić information content (AvgIpc) is 2.57. The Morgan fingerprint density at radius 2 is 1.44 bits per heavy atom. The van der Waals surface area contributed by atoms with Crippen LogP contribution in [0, 0.1) is 23.2 Å². The zero-order chi connectivity index (χ0) is 12.1. The summed E-state index contributed by atoms with van der Waals surface area (Å²) in [6.07, 6.45) is 2.99. The molecule has 0 amide bonds. The highest BCUT2D eigenvalue weighted by atomic mass is 15.4. The summed E-state index contributed by atoms with van der Waals surface area (Å²) in [4.78, 5) is 0. The van der Waals surface area contributed by atoms with Gasteiger partial charge in [0, 0.05) is 11.8 Å². The molecule has 2 rings (SSSR count). The van der Waals surface area contributed by atoms with Crippen molar-refractivity contribution in [3.8, 4) is 0 Å². The molecule has 2 fully saturated rings. The van der Waals surface area contributed by atoms with E-state index < -0.39 is 0 Å². The number of quaternary nitrogens is 1. The summed E-state index contributed by atoms with van der Waals surface area (Å²) in [7, 11) is 2.47. The summed E-state index contributed by atoms with van der Waals surface area (Å²) < 4.78 is 1.33. The van der Waals surface area contributed by atoms with E-state index in [1.165, 1.54) is 30.4 Å². The Bertz CT molecular complexity index is 247. The van der Waals surface area contributed by atoms with Gasteiger partial charge < -0.3 is 4.48 Å². The fraction of sp³-hybridized carbons (Fsp3) is 1.00. The maximum absolute atomic E-state index is 2.47. The molecule has 1 heteroatoms. The zero-order valence-corrected chi connectivity index (χ0v) is 12.1. The fourth-order valence-corrected chi connectivity index (χ4v) is 3.93. The lowest BCUT2D eigenvalue weighted by molar-refractivity contribution is -0.921. The second kappa shape index (κ2) is 3.73. The molecule has 1 saturated heterocycles. The second-order valence-corrected chi connectivity index (χ2v) is 7.99. The molecule has 2 unspecified atom stereocenters. The number of likely N-dealkylation sites (tertiary alicyclic amines) is 1. The largest absolute Gasteiger partial charge is 0.324 e. The Morgan fingerprint density at radius 1 is 1.00 bits per heavy atom. The van der Waals surface area contributed by atoms with Gasteiger partial charge in [0.05, 0.1) is 26.2 Å². The lowest BCUT2D eigenvalue weighted by Crippen LogP contribution is -2.48. The van der Waals surface area contributed by atoms with E-state index in [0.717, 1.165) is 23.8 Å². The number of fused-ring (bicyclic) bond motifs is 1. The Morgan fingerprint density at radius 3 is 1.75 bits per heavy atom. The van der Waals surface area contributed by atoms with Crippen molar-refractivity contribution < 1.29 is 4.48 Å². The number of nitrogens with zero attached hydrogens (tertiary/aromatic N) is 1.